The molecule has 4 rings (SSSR count). The standard InChI is InChI=1S/C16H18N4O2S/c1-2-23(21,22)20-8-5-11(10-20)12-3-6-17-14-9-19-16-13(15(12)14)4-7-18-16/h3-4,6-7,9,11,17H,2,5,8,10H2,1H3. The van der Waals surface area contributed by atoms with Gasteiger partial charge in [-0.15, -0.1) is 0 Å². The number of hydrogen-bond donors (Lipinski definition) is 1. The largest absolute Gasteiger partial charge is 0.360 e. The third-order valence-electron chi connectivity index (χ3n) is 4.67. The topological polar surface area (TPSA) is 79.0 Å². The van der Waals surface area contributed by atoms with Gasteiger partial charge in [0.1, 0.15) is 0 Å². The van der Waals surface area contributed by atoms with Gasteiger partial charge in [-0.3, -0.25) is 0 Å². The van der Waals surface area contributed by atoms with Crippen LogP contribution in [-0.2, 0) is 10.0 Å². The minimum absolute atomic E-state index is 0.157. The van der Waals surface area contributed by atoms with E-state index in [-0.39, 0.29) is 11.7 Å². The smallest absolute Gasteiger partial charge is 0.213 e. The van der Waals surface area contributed by atoms with Crippen LogP contribution in [0.5, 0.6) is 0 Å². The lowest BCUT2D eigenvalue weighted by atomic mass is 9.94. The Morgan fingerprint density at radius 3 is 3.04 bits per heavy atom. The van der Waals surface area contributed by atoms with E-state index in [4.69, 9.17) is 0 Å². The molecule has 4 heterocycles. The molecule has 1 aliphatic heterocycles. The molecule has 0 amide bonds. The Morgan fingerprint density at radius 1 is 1.35 bits per heavy atom. The average molecular weight is 330 g/mol. The first-order valence-corrected chi connectivity index (χ1v) is 9.39. The molecule has 23 heavy (non-hydrogen) atoms. The van der Waals surface area contributed by atoms with Crippen LogP contribution in [0.3, 0.4) is 0 Å². The fourth-order valence-corrected chi connectivity index (χ4v) is 4.60. The van der Waals surface area contributed by atoms with Gasteiger partial charge in [0.2, 0.25) is 10.0 Å². The molecular weight excluding hydrogens is 312 g/mol. The predicted molar refractivity (Wildman–Crippen MR) is 89.8 cm³/mol. The number of nitrogens with one attached hydrogen (secondary N) is 1. The van der Waals surface area contributed by atoms with Crippen molar-refractivity contribution in [2.24, 2.45) is 0 Å². The summed E-state index contributed by atoms with van der Waals surface area (Å²) in [6, 6.07) is 4.03. The van der Waals surface area contributed by atoms with Gasteiger partial charge in [0.05, 0.1) is 17.5 Å². The van der Waals surface area contributed by atoms with Crippen LogP contribution in [0.25, 0.3) is 21.9 Å². The van der Waals surface area contributed by atoms with Crippen molar-refractivity contribution in [1.29, 1.82) is 0 Å². The highest BCUT2D eigenvalue weighted by atomic mass is 32.2. The summed E-state index contributed by atoms with van der Waals surface area (Å²) in [6.45, 7) is 2.84. The van der Waals surface area contributed by atoms with E-state index >= 15 is 0 Å². The van der Waals surface area contributed by atoms with E-state index in [0.29, 0.717) is 13.1 Å². The SMILES string of the molecule is CCS(=O)(=O)N1CCC(c2cc[nH]c3cnc4nccc4c23)C1. The summed E-state index contributed by atoms with van der Waals surface area (Å²) in [5.41, 5.74) is 2.86. The van der Waals surface area contributed by atoms with Gasteiger partial charge in [-0.2, -0.15) is 0 Å². The molecule has 1 saturated heterocycles. The highest BCUT2D eigenvalue weighted by Crippen LogP contribution is 2.35. The van der Waals surface area contributed by atoms with Gasteiger partial charge in [-0.25, -0.2) is 22.7 Å². The summed E-state index contributed by atoms with van der Waals surface area (Å²) in [7, 11) is -3.12. The minimum Gasteiger partial charge on any atom is -0.360 e. The van der Waals surface area contributed by atoms with Crippen molar-refractivity contribution in [2.75, 3.05) is 18.8 Å². The van der Waals surface area contributed by atoms with Gasteiger partial charge in [0.25, 0.3) is 0 Å². The van der Waals surface area contributed by atoms with E-state index < -0.39 is 10.0 Å². The minimum atomic E-state index is -3.12. The molecule has 0 spiro atoms. The van der Waals surface area contributed by atoms with Crippen molar-refractivity contribution in [1.82, 2.24) is 19.3 Å². The first kappa shape index (κ1) is 14.6. The second-order valence-corrected chi connectivity index (χ2v) is 8.16. The average Bonchev–Trinajstić information content (AvgIpc) is 3.23. The molecule has 0 aromatic carbocycles. The van der Waals surface area contributed by atoms with Crippen molar-refractivity contribution < 1.29 is 8.42 Å². The third-order valence-corrected chi connectivity index (χ3v) is 6.52. The maximum absolute atomic E-state index is 12.1. The van der Waals surface area contributed by atoms with Crippen LogP contribution < -0.4 is 0 Å². The normalized spacial score (nSPS) is 19.8. The summed E-state index contributed by atoms with van der Waals surface area (Å²) in [5, 5.41) is 2.13. The molecule has 120 valence electrons. The molecule has 3 aromatic rings. The zero-order valence-electron chi connectivity index (χ0n) is 12.9. The lowest BCUT2D eigenvalue weighted by Gasteiger charge is -2.16. The van der Waals surface area contributed by atoms with E-state index in [1.54, 1.807) is 23.6 Å². The number of aromatic nitrogens is 3. The molecule has 1 unspecified atom stereocenters. The highest BCUT2D eigenvalue weighted by molar-refractivity contribution is 7.89. The third kappa shape index (κ3) is 2.31. The van der Waals surface area contributed by atoms with Gasteiger partial charge >= 0.3 is 0 Å². The zero-order valence-corrected chi connectivity index (χ0v) is 13.7. The van der Waals surface area contributed by atoms with Gasteiger partial charge < -0.3 is 4.98 Å². The van der Waals surface area contributed by atoms with E-state index in [1.165, 1.54) is 5.56 Å². The van der Waals surface area contributed by atoms with Crippen LogP contribution in [-0.4, -0.2) is 46.5 Å². The van der Waals surface area contributed by atoms with Crippen molar-refractivity contribution in [2.45, 2.75) is 19.3 Å². The maximum Gasteiger partial charge on any atom is 0.213 e. The number of hydrogen-bond acceptors (Lipinski definition) is 4. The number of pyridine rings is 2. The molecular formula is C16H18N4O2S. The van der Waals surface area contributed by atoms with E-state index in [9.17, 15) is 8.42 Å². The number of fused-ring (bicyclic) bond motifs is 3. The van der Waals surface area contributed by atoms with Crippen molar-refractivity contribution in [3.05, 3.63) is 36.3 Å². The van der Waals surface area contributed by atoms with Gasteiger partial charge in [-0.05, 0) is 37.0 Å². The lowest BCUT2D eigenvalue weighted by Crippen LogP contribution is -2.29. The fraction of sp³-hybridized carbons (Fsp3) is 0.375. The van der Waals surface area contributed by atoms with Crippen LogP contribution >= 0.6 is 0 Å². The van der Waals surface area contributed by atoms with Crippen LogP contribution in [0.2, 0.25) is 0 Å². The number of H-pyrrole nitrogens is 1. The van der Waals surface area contributed by atoms with Gasteiger partial charge in [0, 0.05) is 36.3 Å². The lowest BCUT2D eigenvalue weighted by molar-refractivity contribution is 0.474. The molecule has 0 saturated carbocycles. The first-order valence-electron chi connectivity index (χ1n) is 7.78. The summed E-state index contributed by atoms with van der Waals surface area (Å²) in [5.74, 6) is 0.359. The fourth-order valence-electron chi connectivity index (χ4n) is 3.44. The molecule has 0 radical (unpaired) electrons. The second kappa shape index (κ2) is 5.28. The Kier molecular flexibility index (Phi) is 3.35. The highest BCUT2D eigenvalue weighted by Gasteiger charge is 2.32. The van der Waals surface area contributed by atoms with Crippen LogP contribution in [0.4, 0.5) is 0 Å². The maximum atomic E-state index is 12.1. The molecule has 0 aliphatic carbocycles. The van der Waals surface area contributed by atoms with E-state index in [1.807, 2.05) is 12.3 Å². The first-order chi connectivity index (χ1) is 11.1. The Balaban J connectivity index is 1.82. The summed E-state index contributed by atoms with van der Waals surface area (Å²) in [4.78, 5) is 11.9. The van der Waals surface area contributed by atoms with E-state index in [0.717, 1.165) is 28.4 Å². The second-order valence-electron chi connectivity index (χ2n) is 5.91. The van der Waals surface area contributed by atoms with Gasteiger partial charge in [0.15, 0.2) is 5.65 Å². The quantitative estimate of drug-likeness (QED) is 0.799. The number of rotatable bonds is 3. The summed E-state index contributed by atoms with van der Waals surface area (Å²) in [6.07, 6.45) is 6.30. The molecule has 1 N–H and O–H groups in total. The van der Waals surface area contributed by atoms with Crippen molar-refractivity contribution in [3.63, 3.8) is 0 Å². The molecule has 7 heteroatoms. The molecule has 6 nitrogen and oxygen atoms in total. The number of nitrogens with zero attached hydrogens (tertiary/aromatic N) is 3. The molecule has 1 fully saturated rings. The Hall–Kier alpha value is -1.99. The van der Waals surface area contributed by atoms with Crippen LogP contribution in [0.15, 0.2) is 30.7 Å². The molecule has 1 aliphatic rings. The molecule has 0 bridgehead atoms. The number of aromatic amines is 1. The summed E-state index contributed by atoms with van der Waals surface area (Å²) < 4.78 is 25.8. The summed E-state index contributed by atoms with van der Waals surface area (Å²) >= 11 is 0. The Labute approximate surface area is 134 Å². The van der Waals surface area contributed by atoms with Crippen molar-refractivity contribution >= 4 is 32.0 Å². The molecule has 1 atom stereocenters. The molecule has 3 aromatic heterocycles. The van der Waals surface area contributed by atoms with E-state index in [2.05, 4.69) is 21.0 Å². The van der Waals surface area contributed by atoms with Crippen molar-refractivity contribution in [3.8, 4) is 0 Å². The zero-order chi connectivity index (χ0) is 16.0. The predicted octanol–water partition coefficient (Wildman–Crippen LogP) is 2.25. The Morgan fingerprint density at radius 2 is 2.22 bits per heavy atom. The monoisotopic (exact) mass is 330 g/mol. The van der Waals surface area contributed by atoms with Crippen LogP contribution in [0, 0.1) is 0 Å². The Bertz CT molecular complexity index is 980. The number of sulfonamides is 1. The van der Waals surface area contributed by atoms with Gasteiger partial charge in [-0.1, -0.05) is 0 Å². The van der Waals surface area contributed by atoms with Crippen LogP contribution in [0.1, 0.15) is 24.8 Å².